The molecule has 6 rings (SSSR count). The molecule has 0 radical (unpaired) electrons. The summed E-state index contributed by atoms with van der Waals surface area (Å²) in [5.41, 5.74) is 6.62. The topological polar surface area (TPSA) is 63.8 Å². The largest absolute Gasteiger partial charge is 0.390 e. The molecule has 3 atom stereocenters. The van der Waals surface area contributed by atoms with Crippen molar-refractivity contribution in [2.45, 2.75) is 69.8 Å². The second-order valence-corrected chi connectivity index (χ2v) is 10.7. The van der Waals surface area contributed by atoms with Crippen molar-refractivity contribution in [2.24, 2.45) is 5.92 Å². The summed E-state index contributed by atoms with van der Waals surface area (Å²) in [4.78, 5) is 9.08. The number of aliphatic hydroxyl groups is 1. The van der Waals surface area contributed by atoms with Crippen LogP contribution >= 0.6 is 0 Å². The number of aromatic nitrogens is 4. The second-order valence-electron chi connectivity index (χ2n) is 10.7. The minimum atomic E-state index is -0.586. The number of nitrogens with zero attached hydrogens (tertiary/aromatic N) is 4. The van der Waals surface area contributed by atoms with Crippen LogP contribution in [0.4, 0.5) is 0 Å². The van der Waals surface area contributed by atoms with E-state index >= 15 is 0 Å². The van der Waals surface area contributed by atoms with Gasteiger partial charge in [0.1, 0.15) is 0 Å². The van der Waals surface area contributed by atoms with Crippen LogP contribution in [0.5, 0.6) is 0 Å². The fourth-order valence-corrected chi connectivity index (χ4v) is 6.61. The van der Waals surface area contributed by atoms with E-state index in [1.54, 1.807) is 0 Å². The molecule has 5 heteroatoms. The Morgan fingerprint density at radius 1 is 1.09 bits per heavy atom. The van der Waals surface area contributed by atoms with Crippen molar-refractivity contribution in [3.8, 4) is 5.69 Å². The quantitative estimate of drug-likeness (QED) is 0.446. The van der Waals surface area contributed by atoms with E-state index in [0.717, 1.165) is 67.5 Å². The molecule has 3 heterocycles. The first-order chi connectivity index (χ1) is 16.4. The van der Waals surface area contributed by atoms with Crippen LogP contribution in [0, 0.1) is 12.8 Å². The summed E-state index contributed by atoms with van der Waals surface area (Å²) in [5, 5.41) is 17.0. The molecule has 0 unspecified atom stereocenters. The van der Waals surface area contributed by atoms with Gasteiger partial charge in [-0.05, 0) is 112 Å². The van der Waals surface area contributed by atoms with Crippen LogP contribution < -0.4 is 0 Å². The Bertz CT molecular complexity index is 1340. The number of aryl methyl sites for hydroxylation is 2. The standard InChI is InChI=1S/C29H32N4O/c1-20-14-25(9-13-30-20)33-27-16-21-6-5-7-23-17-28(2,34)10-11-29(23,18-24-8-3-4-12-31-24)26(21)15-22(27)19-32-33/h3-4,8-9,12-16,19,23,34H,5-7,10-11,17-18H2,1-2H3/t23-,28+,29-/m0/s1. The molecule has 5 nitrogen and oxygen atoms in total. The normalized spacial score (nSPS) is 26.6. The number of benzene rings is 1. The molecule has 0 aliphatic heterocycles. The van der Waals surface area contributed by atoms with Crippen LogP contribution in [0.3, 0.4) is 0 Å². The van der Waals surface area contributed by atoms with Gasteiger partial charge in [0.2, 0.25) is 0 Å². The van der Waals surface area contributed by atoms with E-state index in [-0.39, 0.29) is 5.41 Å². The third kappa shape index (κ3) is 3.63. The molecule has 0 spiro atoms. The zero-order chi connectivity index (χ0) is 23.3. The fourth-order valence-electron chi connectivity index (χ4n) is 6.61. The van der Waals surface area contributed by atoms with Gasteiger partial charge >= 0.3 is 0 Å². The lowest BCUT2D eigenvalue weighted by Gasteiger charge is -2.49. The predicted molar refractivity (Wildman–Crippen MR) is 134 cm³/mol. The molecule has 0 saturated heterocycles. The maximum Gasteiger partial charge on any atom is 0.0744 e. The highest BCUT2D eigenvalue weighted by atomic mass is 16.3. The lowest BCUT2D eigenvalue weighted by molar-refractivity contribution is -0.0332. The zero-order valence-electron chi connectivity index (χ0n) is 20.0. The van der Waals surface area contributed by atoms with Gasteiger partial charge < -0.3 is 5.11 Å². The van der Waals surface area contributed by atoms with Crippen LogP contribution in [-0.4, -0.2) is 30.5 Å². The molecular formula is C29H32N4O. The number of hydrogen-bond acceptors (Lipinski definition) is 4. The molecule has 2 aliphatic carbocycles. The Balaban J connectivity index is 1.52. The third-order valence-corrected chi connectivity index (χ3v) is 8.25. The molecule has 4 aromatic rings. The van der Waals surface area contributed by atoms with E-state index in [1.165, 1.54) is 16.5 Å². The van der Waals surface area contributed by atoms with Gasteiger partial charge in [-0.15, -0.1) is 0 Å². The van der Waals surface area contributed by atoms with E-state index in [1.807, 2.05) is 49.3 Å². The minimum absolute atomic E-state index is 0.00796. The summed E-state index contributed by atoms with van der Waals surface area (Å²) < 4.78 is 2.05. The van der Waals surface area contributed by atoms with Crippen LogP contribution in [0.2, 0.25) is 0 Å². The molecule has 0 amide bonds. The van der Waals surface area contributed by atoms with Gasteiger partial charge in [0.25, 0.3) is 0 Å². The van der Waals surface area contributed by atoms with Gasteiger partial charge in [0, 0.05) is 34.6 Å². The first kappa shape index (κ1) is 21.5. The van der Waals surface area contributed by atoms with Crippen molar-refractivity contribution < 1.29 is 5.11 Å². The zero-order valence-corrected chi connectivity index (χ0v) is 20.0. The monoisotopic (exact) mass is 452 g/mol. The molecule has 0 bridgehead atoms. The maximum absolute atomic E-state index is 11.0. The van der Waals surface area contributed by atoms with E-state index in [9.17, 15) is 5.11 Å². The predicted octanol–water partition coefficient (Wildman–Crippen LogP) is 5.49. The second kappa shape index (κ2) is 8.02. The van der Waals surface area contributed by atoms with Crippen molar-refractivity contribution in [1.29, 1.82) is 0 Å². The van der Waals surface area contributed by atoms with Gasteiger partial charge in [-0.25, -0.2) is 4.68 Å². The van der Waals surface area contributed by atoms with Crippen molar-refractivity contribution >= 4 is 10.9 Å². The molecule has 34 heavy (non-hydrogen) atoms. The molecule has 2 aliphatic rings. The SMILES string of the molecule is Cc1cc(-n2ncc3cc4c(cc32)CCC[C@H]2C[C@](C)(O)CC[C@@]42Cc2ccccn2)ccn1. The van der Waals surface area contributed by atoms with Crippen molar-refractivity contribution in [2.75, 3.05) is 0 Å². The first-order valence-corrected chi connectivity index (χ1v) is 12.5. The Morgan fingerprint density at radius 2 is 2.00 bits per heavy atom. The molecular weight excluding hydrogens is 420 g/mol. The summed E-state index contributed by atoms with van der Waals surface area (Å²) in [6.07, 6.45) is 12.7. The lowest BCUT2D eigenvalue weighted by atomic mass is 9.56. The smallest absolute Gasteiger partial charge is 0.0744 e. The van der Waals surface area contributed by atoms with Crippen molar-refractivity contribution in [3.05, 3.63) is 83.6 Å². The molecule has 1 aromatic carbocycles. The van der Waals surface area contributed by atoms with Gasteiger partial charge in [0.15, 0.2) is 0 Å². The summed E-state index contributed by atoms with van der Waals surface area (Å²) in [5.74, 6) is 0.440. The van der Waals surface area contributed by atoms with Gasteiger partial charge in [-0.3, -0.25) is 9.97 Å². The van der Waals surface area contributed by atoms with E-state index in [2.05, 4.69) is 35.3 Å². The maximum atomic E-state index is 11.0. The highest BCUT2D eigenvalue weighted by Gasteiger charge is 2.49. The van der Waals surface area contributed by atoms with Gasteiger partial charge in [-0.1, -0.05) is 6.07 Å². The number of fused-ring (bicyclic) bond motifs is 4. The van der Waals surface area contributed by atoms with E-state index in [0.29, 0.717) is 5.92 Å². The summed E-state index contributed by atoms with van der Waals surface area (Å²) >= 11 is 0. The summed E-state index contributed by atoms with van der Waals surface area (Å²) in [6, 6.07) is 15.1. The van der Waals surface area contributed by atoms with E-state index in [4.69, 9.17) is 10.1 Å². The molecule has 1 N–H and O–H groups in total. The van der Waals surface area contributed by atoms with Crippen LogP contribution in [0.25, 0.3) is 16.6 Å². The minimum Gasteiger partial charge on any atom is -0.390 e. The highest BCUT2D eigenvalue weighted by molar-refractivity contribution is 5.82. The first-order valence-electron chi connectivity index (χ1n) is 12.5. The Hall–Kier alpha value is -3.05. The summed E-state index contributed by atoms with van der Waals surface area (Å²) in [6.45, 7) is 4.04. The number of hydrogen-bond donors (Lipinski definition) is 1. The van der Waals surface area contributed by atoms with Crippen molar-refractivity contribution in [1.82, 2.24) is 19.7 Å². The number of pyridine rings is 2. The van der Waals surface area contributed by atoms with Crippen molar-refractivity contribution in [3.63, 3.8) is 0 Å². The Kier molecular flexibility index (Phi) is 5.07. The van der Waals surface area contributed by atoms with E-state index < -0.39 is 5.60 Å². The van der Waals surface area contributed by atoms with Gasteiger partial charge in [0.05, 0.1) is 23.0 Å². The number of rotatable bonds is 3. The van der Waals surface area contributed by atoms with Crippen LogP contribution in [0.1, 0.15) is 61.5 Å². The third-order valence-electron chi connectivity index (χ3n) is 8.25. The Morgan fingerprint density at radius 3 is 2.82 bits per heavy atom. The average Bonchev–Trinajstić information content (AvgIpc) is 3.17. The molecule has 1 saturated carbocycles. The Labute approximate surface area is 200 Å². The molecule has 3 aromatic heterocycles. The highest BCUT2D eigenvalue weighted by Crippen LogP contribution is 2.53. The van der Waals surface area contributed by atoms with Crippen LogP contribution in [0.15, 0.2) is 61.1 Å². The van der Waals surface area contributed by atoms with Gasteiger partial charge in [-0.2, -0.15) is 5.10 Å². The molecule has 174 valence electrons. The molecule has 1 fully saturated rings. The lowest BCUT2D eigenvalue weighted by Crippen LogP contribution is -2.48. The summed E-state index contributed by atoms with van der Waals surface area (Å²) in [7, 11) is 0. The fraction of sp³-hybridized carbons (Fsp3) is 0.414. The average molecular weight is 453 g/mol. The van der Waals surface area contributed by atoms with Crippen LogP contribution in [-0.2, 0) is 18.3 Å².